The van der Waals surface area contributed by atoms with Crippen molar-refractivity contribution in [3.63, 3.8) is 0 Å². The molecule has 0 aromatic heterocycles. The Bertz CT molecular complexity index is 166. The molecule has 18 heavy (non-hydrogen) atoms. The van der Waals surface area contributed by atoms with Gasteiger partial charge in [0.15, 0.2) is 0 Å². The summed E-state index contributed by atoms with van der Waals surface area (Å²) in [5.74, 6) is 0. The number of rotatable bonds is 13. The zero-order valence-corrected chi connectivity index (χ0v) is 13.0. The van der Waals surface area contributed by atoms with Gasteiger partial charge in [0.1, 0.15) is 0 Å². The van der Waals surface area contributed by atoms with E-state index < -0.39 is 0 Å². The maximum atomic E-state index is 5.63. The summed E-state index contributed by atoms with van der Waals surface area (Å²) in [4.78, 5) is 0. The van der Waals surface area contributed by atoms with Crippen LogP contribution in [0.15, 0.2) is 0 Å². The summed E-state index contributed by atoms with van der Waals surface area (Å²) in [6, 6.07) is 0. The molecule has 0 spiro atoms. The van der Waals surface area contributed by atoms with Gasteiger partial charge in [0.2, 0.25) is 0 Å². The van der Waals surface area contributed by atoms with Gasteiger partial charge in [0.05, 0.1) is 27.7 Å². The molecule has 0 aliphatic rings. The SMILES string of the molecule is CCOCCCCCOCCCCC[N+](C)(C)C. The summed E-state index contributed by atoms with van der Waals surface area (Å²) < 4.78 is 12.0. The fraction of sp³-hybridized carbons (Fsp3) is 1.00. The fourth-order valence-electron chi connectivity index (χ4n) is 1.80. The average Bonchev–Trinajstić information content (AvgIpc) is 2.29. The molecule has 0 aromatic rings. The molecule has 0 saturated heterocycles. The van der Waals surface area contributed by atoms with Crippen molar-refractivity contribution in [2.45, 2.75) is 45.4 Å². The number of quaternary nitrogens is 1. The van der Waals surface area contributed by atoms with Crippen molar-refractivity contribution >= 4 is 0 Å². The van der Waals surface area contributed by atoms with Gasteiger partial charge in [0, 0.05) is 26.4 Å². The molecule has 0 rings (SSSR count). The van der Waals surface area contributed by atoms with Gasteiger partial charge in [-0.15, -0.1) is 0 Å². The van der Waals surface area contributed by atoms with Crippen LogP contribution in [0.4, 0.5) is 0 Å². The molecule has 0 aliphatic heterocycles. The van der Waals surface area contributed by atoms with Crippen molar-refractivity contribution in [1.29, 1.82) is 0 Å². The van der Waals surface area contributed by atoms with E-state index >= 15 is 0 Å². The fourth-order valence-corrected chi connectivity index (χ4v) is 1.80. The van der Waals surface area contributed by atoms with Crippen molar-refractivity contribution in [1.82, 2.24) is 0 Å². The Kier molecular flexibility index (Phi) is 11.9. The van der Waals surface area contributed by atoms with Crippen LogP contribution in [0.1, 0.15) is 45.4 Å². The van der Waals surface area contributed by atoms with Crippen LogP contribution in [0.3, 0.4) is 0 Å². The maximum absolute atomic E-state index is 5.63. The average molecular weight is 260 g/mol. The van der Waals surface area contributed by atoms with Crippen molar-refractivity contribution in [3.05, 3.63) is 0 Å². The van der Waals surface area contributed by atoms with Gasteiger partial charge in [-0.1, -0.05) is 0 Å². The van der Waals surface area contributed by atoms with Crippen LogP contribution in [-0.4, -0.2) is 58.6 Å². The second kappa shape index (κ2) is 11.9. The van der Waals surface area contributed by atoms with Gasteiger partial charge in [-0.3, -0.25) is 0 Å². The standard InChI is InChI=1S/C15H34NO2/c1-5-17-13-10-7-11-15-18-14-9-6-8-12-16(2,3)4/h5-15H2,1-4H3/q+1. The lowest BCUT2D eigenvalue weighted by Crippen LogP contribution is -2.35. The summed E-state index contributed by atoms with van der Waals surface area (Å²) in [5.41, 5.74) is 0. The van der Waals surface area contributed by atoms with Gasteiger partial charge in [-0.25, -0.2) is 0 Å². The largest absolute Gasteiger partial charge is 0.382 e. The molecule has 0 aromatic carbocycles. The first-order valence-electron chi connectivity index (χ1n) is 7.52. The minimum atomic E-state index is 0.837. The molecule has 0 aliphatic carbocycles. The Morgan fingerprint density at radius 3 is 1.67 bits per heavy atom. The van der Waals surface area contributed by atoms with Crippen LogP contribution in [0.25, 0.3) is 0 Å². The van der Waals surface area contributed by atoms with E-state index in [1.807, 2.05) is 6.92 Å². The van der Waals surface area contributed by atoms with Crippen molar-refractivity contribution in [2.75, 3.05) is 54.1 Å². The van der Waals surface area contributed by atoms with E-state index in [0.29, 0.717) is 0 Å². The van der Waals surface area contributed by atoms with Gasteiger partial charge in [0.25, 0.3) is 0 Å². The first kappa shape index (κ1) is 17.9. The normalized spacial score (nSPS) is 12.0. The van der Waals surface area contributed by atoms with Crippen molar-refractivity contribution < 1.29 is 14.0 Å². The van der Waals surface area contributed by atoms with Gasteiger partial charge >= 0.3 is 0 Å². The van der Waals surface area contributed by atoms with E-state index in [1.165, 1.54) is 45.1 Å². The number of hydrogen-bond donors (Lipinski definition) is 0. The molecule has 3 nitrogen and oxygen atoms in total. The van der Waals surface area contributed by atoms with Crippen LogP contribution >= 0.6 is 0 Å². The van der Waals surface area contributed by atoms with Gasteiger partial charge in [-0.2, -0.15) is 0 Å². The van der Waals surface area contributed by atoms with E-state index in [9.17, 15) is 0 Å². The lowest BCUT2D eigenvalue weighted by atomic mass is 10.2. The zero-order chi connectivity index (χ0) is 13.7. The molecule has 3 heteroatoms. The molecule has 0 atom stereocenters. The molecular formula is C15H34NO2+. The third-order valence-corrected chi connectivity index (χ3v) is 2.90. The Morgan fingerprint density at radius 2 is 1.17 bits per heavy atom. The molecular weight excluding hydrogens is 226 g/mol. The van der Waals surface area contributed by atoms with Crippen molar-refractivity contribution in [2.24, 2.45) is 0 Å². The molecule has 0 bridgehead atoms. The third-order valence-electron chi connectivity index (χ3n) is 2.90. The summed E-state index contributed by atoms with van der Waals surface area (Å²) in [6.45, 7) is 6.90. The highest BCUT2D eigenvalue weighted by Gasteiger charge is 2.04. The summed E-state index contributed by atoms with van der Waals surface area (Å²) >= 11 is 0. The van der Waals surface area contributed by atoms with Crippen LogP contribution < -0.4 is 0 Å². The predicted molar refractivity (Wildman–Crippen MR) is 77.9 cm³/mol. The minimum absolute atomic E-state index is 0.837. The number of ether oxygens (including phenoxy) is 2. The first-order valence-corrected chi connectivity index (χ1v) is 7.52. The Morgan fingerprint density at radius 1 is 0.667 bits per heavy atom. The van der Waals surface area contributed by atoms with Gasteiger partial charge in [-0.05, 0) is 45.4 Å². The highest BCUT2D eigenvalue weighted by molar-refractivity contribution is 4.43. The minimum Gasteiger partial charge on any atom is -0.382 e. The van der Waals surface area contributed by atoms with E-state index in [-0.39, 0.29) is 0 Å². The molecule has 0 amide bonds. The molecule has 0 heterocycles. The molecule has 0 fully saturated rings. The zero-order valence-electron chi connectivity index (χ0n) is 13.0. The van der Waals surface area contributed by atoms with Crippen LogP contribution in [0.2, 0.25) is 0 Å². The van der Waals surface area contributed by atoms with Gasteiger partial charge < -0.3 is 14.0 Å². The highest BCUT2D eigenvalue weighted by atomic mass is 16.5. The van der Waals surface area contributed by atoms with E-state index in [4.69, 9.17) is 9.47 Å². The molecule has 0 unspecified atom stereocenters. The predicted octanol–water partition coefficient (Wildman–Crippen LogP) is 3.09. The lowest BCUT2D eigenvalue weighted by molar-refractivity contribution is -0.870. The van der Waals surface area contributed by atoms with Crippen molar-refractivity contribution in [3.8, 4) is 0 Å². The lowest BCUT2D eigenvalue weighted by Gasteiger charge is -2.23. The Hall–Kier alpha value is -0.120. The van der Waals surface area contributed by atoms with Crippen LogP contribution in [0, 0.1) is 0 Å². The summed E-state index contributed by atoms with van der Waals surface area (Å²) in [7, 11) is 6.75. The second-order valence-corrected chi connectivity index (χ2v) is 5.94. The first-order chi connectivity index (χ1) is 8.56. The molecule has 0 N–H and O–H groups in total. The number of nitrogens with zero attached hydrogens (tertiary/aromatic N) is 1. The monoisotopic (exact) mass is 260 g/mol. The quantitative estimate of drug-likeness (QED) is 0.374. The smallest absolute Gasteiger partial charge is 0.0780 e. The van der Waals surface area contributed by atoms with E-state index in [1.54, 1.807) is 0 Å². The second-order valence-electron chi connectivity index (χ2n) is 5.94. The molecule has 0 radical (unpaired) electrons. The summed E-state index contributed by atoms with van der Waals surface area (Å²) in [6.07, 6.45) is 7.37. The highest BCUT2D eigenvalue weighted by Crippen LogP contribution is 2.02. The van der Waals surface area contributed by atoms with E-state index in [0.717, 1.165) is 30.9 Å². The third kappa shape index (κ3) is 15.9. The van der Waals surface area contributed by atoms with Crippen LogP contribution in [0.5, 0.6) is 0 Å². The number of hydrogen-bond acceptors (Lipinski definition) is 2. The summed E-state index contributed by atoms with van der Waals surface area (Å²) in [5, 5.41) is 0. The maximum Gasteiger partial charge on any atom is 0.0780 e. The number of unbranched alkanes of at least 4 members (excludes halogenated alkanes) is 4. The molecule has 110 valence electrons. The van der Waals surface area contributed by atoms with Crippen LogP contribution in [-0.2, 0) is 9.47 Å². The topological polar surface area (TPSA) is 18.5 Å². The Balaban J connectivity index is 2.99. The van der Waals surface area contributed by atoms with E-state index in [2.05, 4.69) is 21.1 Å². The molecule has 0 saturated carbocycles. The Labute approximate surface area is 114 Å².